The lowest BCUT2D eigenvalue weighted by atomic mass is 10.2. The second kappa shape index (κ2) is 15.6. The quantitative estimate of drug-likeness (QED) is 0.286. The fourth-order valence-corrected chi connectivity index (χ4v) is 2.62. The molecule has 0 aliphatic rings. The number of hydrogen-bond donors (Lipinski definition) is 4. The van der Waals surface area contributed by atoms with Crippen LogP contribution < -0.4 is 21.3 Å². The van der Waals surface area contributed by atoms with Gasteiger partial charge in [0.05, 0.1) is 26.4 Å². The summed E-state index contributed by atoms with van der Waals surface area (Å²) in [4.78, 5) is 45.8. The van der Waals surface area contributed by atoms with E-state index in [1.807, 2.05) is 27.7 Å². The minimum absolute atomic E-state index is 0.0750. The molecule has 10 nitrogen and oxygen atoms in total. The van der Waals surface area contributed by atoms with Crippen LogP contribution in [-0.4, -0.2) is 74.2 Å². The highest BCUT2D eigenvalue weighted by Crippen LogP contribution is 1.95. The van der Waals surface area contributed by atoms with E-state index >= 15 is 0 Å². The molecule has 0 aromatic rings. The molecule has 0 aromatic carbocycles. The zero-order valence-electron chi connectivity index (χ0n) is 19.0. The highest BCUT2D eigenvalue weighted by atomic mass is 16.5. The summed E-state index contributed by atoms with van der Waals surface area (Å²) < 4.78 is 10.9. The molecule has 0 heterocycles. The molecule has 0 radical (unpaired) electrons. The lowest BCUT2D eigenvalue weighted by Crippen LogP contribution is -2.40. The molecule has 0 saturated heterocycles. The molecule has 0 spiro atoms. The Kier molecular flexibility index (Phi) is 14.5. The number of carbonyl (C=O) groups is 4. The third-order valence-corrected chi connectivity index (χ3v) is 3.76. The van der Waals surface area contributed by atoms with Gasteiger partial charge < -0.3 is 30.7 Å². The second-order valence-corrected chi connectivity index (χ2v) is 7.72. The van der Waals surface area contributed by atoms with Crippen LogP contribution in [0, 0.1) is 0 Å². The molecule has 0 aromatic heterocycles. The van der Waals surface area contributed by atoms with Crippen molar-refractivity contribution in [2.24, 2.45) is 0 Å². The molecule has 4 unspecified atom stereocenters. The lowest BCUT2D eigenvalue weighted by molar-refractivity contribution is -0.127. The average Bonchev–Trinajstić information content (AvgIpc) is 2.58. The molecular weight excluding hydrogens is 392 g/mol. The van der Waals surface area contributed by atoms with Gasteiger partial charge in [0.25, 0.3) is 0 Å². The predicted octanol–water partition coefficient (Wildman–Crippen LogP) is -0.142. The van der Waals surface area contributed by atoms with Crippen molar-refractivity contribution in [3.8, 4) is 0 Å². The van der Waals surface area contributed by atoms with Gasteiger partial charge in [0.2, 0.25) is 23.6 Å². The summed E-state index contributed by atoms with van der Waals surface area (Å²) in [6.45, 7) is 11.5. The topological polar surface area (TPSA) is 135 Å². The zero-order chi connectivity index (χ0) is 23.1. The Labute approximate surface area is 179 Å². The normalized spacial score (nSPS) is 14.7. The number of hydrogen-bond acceptors (Lipinski definition) is 6. The predicted molar refractivity (Wildman–Crippen MR) is 113 cm³/mol. The second-order valence-electron chi connectivity index (χ2n) is 7.72. The van der Waals surface area contributed by atoms with Crippen LogP contribution in [0.1, 0.15) is 54.4 Å². The Morgan fingerprint density at radius 3 is 1.10 bits per heavy atom. The molecule has 0 saturated carbocycles. The third kappa shape index (κ3) is 16.7. The van der Waals surface area contributed by atoms with Crippen molar-refractivity contribution < 1.29 is 28.7 Å². The maximum Gasteiger partial charge on any atom is 0.220 e. The first-order chi connectivity index (χ1) is 14.0. The molecule has 4 atom stereocenters. The minimum Gasteiger partial charge on any atom is -0.377 e. The van der Waals surface area contributed by atoms with Gasteiger partial charge in [-0.2, -0.15) is 0 Å². The van der Waals surface area contributed by atoms with Crippen molar-refractivity contribution in [3.05, 3.63) is 0 Å². The van der Waals surface area contributed by atoms with Gasteiger partial charge in [0.1, 0.15) is 0 Å². The summed E-state index contributed by atoms with van der Waals surface area (Å²) in [6.07, 6.45) is 0.150. The Balaban J connectivity index is 3.89. The van der Waals surface area contributed by atoms with Crippen LogP contribution >= 0.6 is 0 Å². The van der Waals surface area contributed by atoms with E-state index in [0.29, 0.717) is 26.4 Å². The molecule has 0 fully saturated rings. The van der Waals surface area contributed by atoms with Crippen molar-refractivity contribution in [1.29, 1.82) is 0 Å². The average molecular weight is 431 g/mol. The first kappa shape index (κ1) is 27.8. The highest BCUT2D eigenvalue weighted by molar-refractivity contribution is 5.83. The van der Waals surface area contributed by atoms with E-state index in [9.17, 15) is 19.2 Å². The fraction of sp³-hybridized carbons (Fsp3) is 0.800. The van der Waals surface area contributed by atoms with Crippen LogP contribution in [0.4, 0.5) is 0 Å². The van der Waals surface area contributed by atoms with E-state index in [4.69, 9.17) is 9.47 Å². The molecule has 10 heteroatoms. The maximum absolute atomic E-state index is 12.0. The SMILES string of the molecule is CC(=O)NC(C)COCC(C)NC(=O)CCC(=O)NC(C)COCC(C)NC(C)=O. The third-order valence-electron chi connectivity index (χ3n) is 3.76. The van der Waals surface area contributed by atoms with Gasteiger partial charge in [-0.25, -0.2) is 0 Å². The molecule has 4 amide bonds. The largest absolute Gasteiger partial charge is 0.377 e. The van der Waals surface area contributed by atoms with Crippen LogP contribution in [0.15, 0.2) is 0 Å². The molecule has 0 rings (SSSR count). The lowest BCUT2D eigenvalue weighted by Gasteiger charge is -2.18. The molecule has 30 heavy (non-hydrogen) atoms. The van der Waals surface area contributed by atoms with Crippen LogP contribution in [0.5, 0.6) is 0 Å². The summed E-state index contributed by atoms with van der Waals surface area (Å²) in [7, 11) is 0. The van der Waals surface area contributed by atoms with Crippen LogP contribution in [-0.2, 0) is 28.7 Å². The van der Waals surface area contributed by atoms with Gasteiger partial charge in [-0.05, 0) is 27.7 Å². The van der Waals surface area contributed by atoms with E-state index in [-0.39, 0.29) is 60.6 Å². The minimum atomic E-state index is -0.232. The molecule has 174 valence electrons. The number of ether oxygens (including phenoxy) is 2. The van der Waals surface area contributed by atoms with Gasteiger partial charge in [-0.1, -0.05) is 0 Å². The molecule has 0 aliphatic heterocycles. The van der Waals surface area contributed by atoms with Crippen LogP contribution in [0.25, 0.3) is 0 Å². The van der Waals surface area contributed by atoms with Gasteiger partial charge in [0, 0.05) is 50.9 Å². The molecule has 0 aliphatic carbocycles. The van der Waals surface area contributed by atoms with Crippen molar-refractivity contribution in [2.75, 3.05) is 26.4 Å². The Morgan fingerprint density at radius 1 is 0.567 bits per heavy atom. The Morgan fingerprint density at radius 2 is 0.833 bits per heavy atom. The van der Waals surface area contributed by atoms with Crippen molar-refractivity contribution in [2.45, 2.75) is 78.6 Å². The van der Waals surface area contributed by atoms with E-state index < -0.39 is 0 Å². The van der Waals surface area contributed by atoms with E-state index in [1.165, 1.54) is 13.8 Å². The van der Waals surface area contributed by atoms with Crippen molar-refractivity contribution in [3.63, 3.8) is 0 Å². The van der Waals surface area contributed by atoms with Gasteiger partial charge in [-0.15, -0.1) is 0 Å². The summed E-state index contributed by atoms with van der Waals surface area (Å²) in [5, 5.41) is 11.0. The summed E-state index contributed by atoms with van der Waals surface area (Å²) >= 11 is 0. The first-order valence-electron chi connectivity index (χ1n) is 10.3. The zero-order valence-corrected chi connectivity index (χ0v) is 19.0. The standard InChI is InChI=1S/C20H38N4O6/c1-13(21-17(5)25)9-29-11-15(3)23-19(27)7-8-20(28)24-16(4)12-30-10-14(2)22-18(6)26/h13-16H,7-12H2,1-6H3,(H,21,25)(H,22,26)(H,23,27)(H,24,28). The molecular formula is C20H38N4O6. The maximum atomic E-state index is 12.0. The van der Waals surface area contributed by atoms with Gasteiger partial charge in [-0.3, -0.25) is 19.2 Å². The fourth-order valence-electron chi connectivity index (χ4n) is 2.62. The van der Waals surface area contributed by atoms with Crippen LogP contribution in [0.3, 0.4) is 0 Å². The summed E-state index contributed by atoms with van der Waals surface area (Å²) in [6, 6.07) is -0.617. The Hall–Kier alpha value is -2.20. The van der Waals surface area contributed by atoms with Crippen molar-refractivity contribution >= 4 is 23.6 Å². The Bertz CT molecular complexity index is 509. The van der Waals surface area contributed by atoms with E-state index in [2.05, 4.69) is 21.3 Å². The van der Waals surface area contributed by atoms with E-state index in [0.717, 1.165) is 0 Å². The highest BCUT2D eigenvalue weighted by Gasteiger charge is 2.13. The van der Waals surface area contributed by atoms with Crippen LogP contribution in [0.2, 0.25) is 0 Å². The van der Waals surface area contributed by atoms with Crippen molar-refractivity contribution in [1.82, 2.24) is 21.3 Å². The van der Waals surface area contributed by atoms with Gasteiger partial charge >= 0.3 is 0 Å². The number of nitrogens with one attached hydrogen (secondary N) is 4. The smallest absolute Gasteiger partial charge is 0.220 e. The van der Waals surface area contributed by atoms with Gasteiger partial charge in [0.15, 0.2) is 0 Å². The first-order valence-corrected chi connectivity index (χ1v) is 10.3. The summed E-state index contributed by atoms with van der Waals surface area (Å²) in [5.74, 6) is -0.703. The molecule has 0 bridgehead atoms. The number of carbonyl (C=O) groups excluding carboxylic acids is 4. The monoisotopic (exact) mass is 430 g/mol. The number of amides is 4. The van der Waals surface area contributed by atoms with E-state index in [1.54, 1.807) is 0 Å². The number of rotatable bonds is 15. The molecule has 4 N–H and O–H groups in total. The summed E-state index contributed by atoms with van der Waals surface area (Å²) in [5.41, 5.74) is 0.